The van der Waals surface area contributed by atoms with E-state index in [1.165, 1.54) is 50.5 Å². The third kappa shape index (κ3) is 3.06. The number of hydrogen-bond donors (Lipinski definition) is 2. The van der Waals surface area contributed by atoms with E-state index >= 15 is 0 Å². The number of hydrogen-bond acceptors (Lipinski definition) is 6. The van der Waals surface area contributed by atoms with Gasteiger partial charge in [0.1, 0.15) is 28.4 Å². The molecule has 2 N–H and O–H groups in total. The second kappa shape index (κ2) is 6.45. The van der Waals surface area contributed by atoms with E-state index in [9.17, 15) is 24.3 Å². The fourth-order valence-electron chi connectivity index (χ4n) is 2.57. The molecule has 1 aromatic heterocycles. The first-order valence-corrected chi connectivity index (χ1v) is 7.69. The molecule has 2 aromatic rings. The highest BCUT2D eigenvalue weighted by atomic mass is 16.4. The van der Waals surface area contributed by atoms with Gasteiger partial charge in [-0.2, -0.15) is 0 Å². The van der Waals surface area contributed by atoms with Crippen molar-refractivity contribution >= 4 is 29.9 Å². The first-order valence-electron chi connectivity index (χ1n) is 7.69. The minimum Gasteiger partial charge on any atom is -0.507 e. The molecule has 9 nitrogen and oxygen atoms in total. The van der Waals surface area contributed by atoms with E-state index < -0.39 is 29.6 Å². The predicted molar refractivity (Wildman–Crippen MR) is 91.7 cm³/mol. The molecule has 0 aliphatic carbocycles. The number of imide groups is 2. The van der Waals surface area contributed by atoms with Crippen molar-refractivity contribution in [2.75, 3.05) is 14.1 Å². The molecule has 9 heteroatoms. The SMILES string of the molecule is CN1C(=O)C(=Cc2ccc(-c3ccc(C(=O)O)c(O)c3)o2)C(=O)N(C)C1=O. The third-order valence-electron chi connectivity index (χ3n) is 4.07. The monoisotopic (exact) mass is 370 g/mol. The van der Waals surface area contributed by atoms with Gasteiger partial charge in [0.05, 0.1) is 0 Å². The second-order valence-corrected chi connectivity index (χ2v) is 5.81. The average Bonchev–Trinajstić information content (AvgIpc) is 3.10. The zero-order valence-electron chi connectivity index (χ0n) is 14.3. The van der Waals surface area contributed by atoms with Crippen molar-refractivity contribution in [1.29, 1.82) is 0 Å². The van der Waals surface area contributed by atoms with E-state index in [4.69, 9.17) is 9.52 Å². The molecule has 1 fully saturated rings. The van der Waals surface area contributed by atoms with Crippen LogP contribution in [-0.2, 0) is 9.59 Å². The number of carboxylic acids is 1. The highest BCUT2D eigenvalue weighted by Crippen LogP contribution is 2.29. The Morgan fingerprint density at radius 2 is 1.67 bits per heavy atom. The van der Waals surface area contributed by atoms with Crippen LogP contribution in [0.25, 0.3) is 17.4 Å². The summed E-state index contributed by atoms with van der Waals surface area (Å²) < 4.78 is 5.56. The smallest absolute Gasteiger partial charge is 0.339 e. The molecule has 2 heterocycles. The molecule has 1 aromatic carbocycles. The number of nitrogens with zero attached hydrogens (tertiary/aromatic N) is 2. The topological polar surface area (TPSA) is 128 Å². The van der Waals surface area contributed by atoms with Crippen LogP contribution >= 0.6 is 0 Å². The van der Waals surface area contributed by atoms with E-state index in [1.54, 1.807) is 0 Å². The van der Waals surface area contributed by atoms with Crippen LogP contribution in [-0.4, -0.2) is 57.9 Å². The number of carbonyl (C=O) groups excluding carboxylic acids is 3. The molecule has 0 bridgehead atoms. The van der Waals surface area contributed by atoms with Crippen molar-refractivity contribution in [3.8, 4) is 17.1 Å². The van der Waals surface area contributed by atoms with Gasteiger partial charge in [0.15, 0.2) is 0 Å². The van der Waals surface area contributed by atoms with Gasteiger partial charge >= 0.3 is 12.0 Å². The van der Waals surface area contributed by atoms with E-state index in [2.05, 4.69) is 0 Å². The van der Waals surface area contributed by atoms with Crippen molar-refractivity contribution in [2.24, 2.45) is 0 Å². The van der Waals surface area contributed by atoms with E-state index in [1.807, 2.05) is 0 Å². The zero-order valence-corrected chi connectivity index (χ0v) is 14.3. The van der Waals surface area contributed by atoms with Crippen molar-refractivity contribution in [1.82, 2.24) is 9.80 Å². The normalized spacial score (nSPS) is 14.7. The molecular formula is C18H14N2O7. The Labute approximate surface area is 152 Å². The van der Waals surface area contributed by atoms with E-state index in [-0.39, 0.29) is 16.9 Å². The lowest BCUT2D eigenvalue weighted by Gasteiger charge is -2.28. The number of rotatable bonds is 3. The summed E-state index contributed by atoms with van der Waals surface area (Å²) in [5, 5.41) is 18.7. The van der Waals surface area contributed by atoms with Gasteiger partial charge in [-0.15, -0.1) is 0 Å². The highest BCUT2D eigenvalue weighted by Gasteiger charge is 2.38. The van der Waals surface area contributed by atoms with Gasteiger partial charge in [-0.05, 0) is 30.3 Å². The number of aromatic carboxylic acids is 1. The standard InChI is InChI=1S/C18H14N2O7/c1-19-15(22)12(16(23)20(2)18(19)26)8-10-4-6-14(27-10)9-3-5-11(17(24)25)13(21)7-9/h3-8,21H,1-2H3,(H,24,25). The van der Waals surface area contributed by atoms with Crippen molar-refractivity contribution < 1.29 is 33.8 Å². The van der Waals surface area contributed by atoms with Gasteiger partial charge in [-0.25, -0.2) is 9.59 Å². The van der Waals surface area contributed by atoms with Crippen molar-refractivity contribution in [3.05, 3.63) is 47.2 Å². The lowest BCUT2D eigenvalue weighted by Crippen LogP contribution is -2.52. The summed E-state index contributed by atoms with van der Waals surface area (Å²) in [4.78, 5) is 48.7. The predicted octanol–water partition coefficient (Wildman–Crippen LogP) is 1.78. The molecule has 4 amide bonds. The second-order valence-electron chi connectivity index (χ2n) is 5.81. The van der Waals surface area contributed by atoms with Gasteiger partial charge in [0.25, 0.3) is 11.8 Å². The maximum atomic E-state index is 12.2. The minimum atomic E-state index is -1.26. The molecule has 0 radical (unpaired) electrons. The van der Waals surface area contributed by atoms with Gasteiger partial charge < -0.3 is 14.6 Å². The number of barbiturate groups is 1. The number of amides is 4. The van der Waals surface area contributed by atoms with E-state index in [0.717, 1.165) is 9.80 Å². The Balaban J connectivity index is 1.94. The summed E-state index contributed by atoms with van der Waals surface area (Å²) in [6.07, 6.45) is 1.22. The van der Waals surface area contributed by atoms with Crippen LogP contribution in [0.2, 0.25) is 0 Å². The number of carbonyl (C=O) groups is 4. The zero-order chi connectivity index (χ0) is 19.9. The fourth-order valence-corrected chi connectivity index (χ4v) is 2.57. The molecule has 1 aliphatic rings. The molecule has 1 aliphatic heterocycles. The Morgan fingerprint density at radius 1 is 1.04 bits per heavy atom. The largest absolute Gasteiger partial charge is 0.507 e. The number of likely N-dealkylation sites (N-methyl/N-ethyl adjacent to an activating group) is 2. The molecule has 27 heavy (non-hydrogen) atoms. The summed E-state index contributed by atoms with van der Waals surface area (Å²) in [6, 6.07) is 6.24. The first kappa shape index (κ1) is 17.9. The molecule has 0 unspecified atom stereocenters. The van der Waals surface area contributed by atoms with Gasteiger partial charge in [0, 0.05) is 19.7 Å². The van der Waals surface area contributed by atoms with Crippen LogP contribution in [0.1, 0.15) is 16.1 Å². The van der Waals surface area contributed by atoms with Crippen molar-refractivity contribution in [2.45, 2.75) is 0 Å². The van der Waals surface area contributed by atoms with Crippen LogP contribution in [0.3, 0.4) is 0 Å². The quantitative estimate of drug-likeness (QED) is 0.622. The van der Waals surface area contributed by atoms with E-state index in [0.29, 0.717) is 11.3 Å². The summed E-state index contributed by atoms with van der Waals surface area (Å²) in [5.74, 6) is -2.70. The maximum Gasteiger partial charge on any atom is 0.339 e. The van der Waals surface area contributed by atoms with Crippen molar-refractivity contribution in [3.63, 3.8) is 0 Å². The lowest BCUT2D eigenvalue weighted by molar-refractivity contribution is -0.134. The van der Waals surface area contributed by atoms with Gasteiger partial charge in [-0.1, -0.05) is 6.07 Å². The number of urea groups is 1. The molecule has 138 valence electrons. The summed E-state index contributed by atoms with van der Waals surface area (Å²) in [7, 11) is 2.53. The summed E-state index contributed by atoms with van der Waals surface area (Å²) in [6.45, 7) is 0. The van der Waals surface area contributed by atoms with Crippen LogP contribution in [0, 0.1) is 0 Å². The molecule has 0 atom stereocenters. The summed E-state index contributed by atoms with van der Waals surface area (Å²) >= 11 is 0. The number of benzene rings is 1. The first-order chi connectivity index (χ1) is 12.7. The minimum absolute atomic E-state index is 0.180. The van der Waals surface area contributed by atoms with Crippen LogP contribution < -0.4 is 0 Å². The number of carboxylic acid groups (broad SMARTS) is 1. The number of phenols is 1. The number of aromatic hydroxyl groups is 1. The Morgan fingerprint density at radius 3 is 2.22 bits per heavy atom. The maximum absolute atomic E-state index is 12.2. The fraction of sp³-hybridized carbons (Fsp3) is 0.111. The van der Waals surface area contributed by atoms with Gasteiger partial charge in [-0.3, -0.25) is 19.4 Å². The average molecular weight is 370 g/mol. The molecule has 3 rings (SSSR count). The Hall–Kier alpha value is -3.88. The molecule has 1 saturated heterocycles. The lowest BCUT2D eigenvalue weighted by atomic mass is 10.1. The Bertz CT molecular complexity index is 992. The van der Waals surface area contributed by atoms with Crippen LogP contribution in [0.5, 0.6) is 5.75 Å². The molecule has 0 saturated carbocycles. The molecular weight excluding hydrogens is 356 g/mol. The summed E-state index contributed by atoms with van der Waals surface area (Å²) in [5.41, 5.74) is -0.0702. The van der Waals surface area contributed by atoms with Crippen LogP contribution in [0.15, 0.2) is 40.3 Å². The molecule has 0 spiro atoms. The highest BCUT2D eigenvalue weighted by molar-refractivity contribution is 6.30. The Kier molecular flexibility index (Phi) is 4.28. The number of furan rings is 1. The third-order valence-corrected chi connectivity index (χ3v) is 4.07. The van der Waals surface area contributed by atoms with Gasteiger partial charge in [0.2, 0.25) is 0 Å². The van der Waals surface area contributed by atoms with Crippen LogP contribution in [0.4, 0.5) is 4.79 Å².